The van der Waals surface area contributed by atoms with E-state index in [9.17, 15) is 18.0 Å². The zero-order valence-electron chi connectivity index (χ0n) is 18.2. The summed E-state index contributed by atoms with van der Waals surface area (Å²) in [5.41, 5.74) is 2.79. The van der Waals surface area contributed by atoms with Crippen molar-refractivity contribution in [2.75, 3.05) is 29.2 Å². The van der Waals surface area contributed by atoms with E-state index in [-0.39, 0.29) is 29.1 Å². The molecule has 10 heteroatoms. The average molecular weight is 469 g/mol. The number of ether oxygens (including phenoxy) is 1. The fraction of sp³-hybridized carbons (Fsp3) is 0.261. The van der Waals surface area contributed by atoms with Crippen molar-refractivity contribution < 1.29 is 22.7 Å². The van der Waals surface area contributed by atoms with Crippen molar-refractivity contribution in [1.29, 1.82) is 0 Å². The molecule has 1 aliphatic heterocycles. The molecule has 0 radical (unpaired) electrons. The van der Waals surface area contributed by atoms with E-state index in [0.29, 0.717) is 29.2 Å². The van der Waals surface area contributed by atoms with Crippen LogP contribution in [0.25, 0.3) is 11.3 Å². The number of hydrogen-bond acceptors (Lipinski definition) is 6. The molecule has 1 aliphatic rings. The molecular weight excluding hydrogens is 444 g/mol. The van der Waals surface area contributed by atoms with Crippen molar-refractivity contribution in [1.82, 2.24) is 9.78 Å². The third kappa shape index (κ3) is 5.23. The highest BCUT2D eigenvalue weighted by atomic mass is 32.2. The molecule has 33 heavy (non-hydrogen) atoms. The summed E-state index contributed by atoms with van der Waals surface area (Å²) in [5, 5.41) is 9.94. The number of carbonyl (C=O) groups excluding carboxylic acids is 2. The Balaban J connectivity index is 1.62. The SMILES string of the molecule is COc1ccc(-c2cc(C(=O)Nc3ccc(NC(C)=O)cc3)nn2[C@@H]2CCS(=O)(=O)C2)cc1. The van der Waals surface area contributed by atoms with Gasteiger partial charge in [0.25, 0.3) is 5.91 Å². The van der Waals surface area contributed by atoms with Crippen LogP contribution in [-0.4, -0.2) is 48.6 Å². The van der Waals surface area contributed by atoms with E-state index in [1.54, 1.807) is 54.3 Å². The number of amides is 2. The number of benzene rings is 2. The summed E-state index contributed by atoms with van der Waals surface area (Å²) >= 11 is 0. The zero-order chi connectivity index (χ0) is 23.6. The largest absolute Gasteiger partial charge is 0.497 e. The van der Waals surface area contributed by atoms with E-state index in [2.05, 4.69) is 15.7 Å². The predicted octanol–water partition coefficient (Wildman–Crippen LogP) is 3.13. The molecule has 1 aromatic heterocycles. The summed E-state index contributed by atoms with van der Waals surface area (Å²) in [6.45, 7) is 1.42. The molecule has 9 nitrogen and oxygen atoms in total. The molecule has 2 heterocycles. The van der Waals surface area contributed by atoms with E-state index in [1.165, 1.54) is 6.92 Å². The van der Waals surface area contributed by atoms with Gasteiger partial charge in [-0.3, -0.25) is 14.3 Å². The minimum atomic E-state index is -3.14. The lowest BCUT2D eigenvalue weighted by molar-refractivity contribution is -0.114. The van der Waals surface area contributed by atoms with Gasteiger partial charge in [-0.2, -0.15) is 5.10 Å². The van der Waals surface area contributed by atoms with Crippen LogP contribution in [0.4, 0.5) is 11.4 Å². The number of aromatic nitrogens is 2. The third-order valence-corrected chi connectivity index (χ3v) is 7.12. The predicted molar refractivity (Wildman–Crippen MR) is 125 cm³/mol. The smallest absolute Gasteiger partial charge is 0.276 e. The van der Waals surface area contributed by atoms with E-state index >= 15 is 0 Å². The maximum absolute atomic E-state index is 12.9. The summed E-state index contributed by atoms with van der Waals surface area (Å²) in [7, 11) is -1.56. The Morgan fingerprint density at radius 2 is 1.67 bits per heavy atom. The van der Waals surface area contributed by atoms with Crippen molar-refractivity contribution in [3.63, 3.8) is 0 Å². The van der Waals surface area contributed by atoms with Crippen molar-refractivity contribution in [3.8, 4) is 17.0 Å². The third-order valence-electron chi connectivity index (χ3n) is 5.37. The van der Waals surface area contributed by atoms with Crippen LogP contribution >= 0.6 is 0 Å². The summed E-state index contributed by atoms with van der Waals surface area (Å²) in [5.74, 6) is 0.175. The molecule has 0 saturated carbocycles. The molecule has 3 aromatic rings. The van der Waals surface area contributed by atoms with E-state index < -0.39 is 15.7 Å². The van der Waals surface area contributed by atoms with Gasteiger partial charge >= 0.3 is 0 Å². The zero-order valence-corrected chi connectivity index (χ0v) is 19.1. The normalized spacial score (nSPS) is 16.8. The Morgan fingerprint density at radius 1 is 1.03 bits per heavy atom. The number of rotatable bonds is 6. The topological polar surface area (TPSA) is 119 Å². The minimum absolute atomic E-state index is 0.0104. The van der Waals surface area contributed by atoms with Gasteiger partial charge in [0.15, 0.2) is 15.5 Å². The summed E-state index contributed by atoms with van der Waals surface area (Å²) in [6.07, 6.45) is 0.443. The number of nitrogens with zero attached hydrogens (tertiary/aromatic N) is 2. The number of anilines is 2. The maximum atomic E-state index is 12.9. The molecule has 1 atom stereocenters. The van der Waals surface area contributed by atoms with E-state index in [1.807, 2.05) is 12.1 Å². The average Bonchev–Trinajstić information content (AvgIpc) is 3.38. The van der Waals surface area contributed by atoms with Crippen molar-refractivity contribution >= 4 is 33.0 Å². The number of methoxy groups -OCH3 is 1. The molecule has 172 valence electrons. The second-order valence-electron chi connectivity index (χ2n) is 7.86. The van der Waals surface area contributed by atoms with E-state index in [0.717, 1.165) is 5.56 Å². The molecule has 2 amide bonds. The Bertz CT molecular complexity index is 1280. The molecule has 2 N–H and O–H groups in total. The van der Waals surface area contributed by atoms with Gasteiger partial charge in [-0.15, -0.1) is 0 Å². The second kappa shape index (κ2) is 9.07. The van der Waals surface area contributed by atoms with Crippen LogP contribution in [0.5, 0.6) is 5.75 Å². The summed E-state index contributed by atoms with van der Waals surface area (Å²) in [6, 6.07) is 15.3. The molecule has 1 fully saturated rings. The highest BCUT2D eigenvalue weighted by molar-refractivity contribution is 7.91. The number of hydrogen-bond donors (Lipinski definition) is 2. The molecule has 0 unspecified atom stereocenters. The van der Waals surface area contributed by atoms with Crippen LogP contribution in [0, 0.1) is 0 Å². The summed E-state index contributed by atoms with van der Waals surface area (Å²) < 4.78 is 31.0. The van der Waals surface area contributed by atoms with Crippen molar-refractivity contribution in [2.24, 2.45) is 0 Å². The lowest BCUT2D eigenvalue weighted by atomic mass is 10.1. The molecule has 0 spiro atoms. The number of nitrogens with one attached hydrogen (secondary N) is 2. The van der Waals surface area contributed by atoms with Crippen molar-refractivity contribution in [3.05, 3.63) is 60.3 Å². The first kappa shape index (κ1) is 22.5. The van der Waals surface area contributed by atoms with Gasteiger partial charge < -0.3 is 15.4 Å². The summed E-state index contributed by atoms with van der Waals surface area (Å²) in [4.78, 5) is 24.1. The van der Waals surface area contributed by atoms with Crippen LogP contribution in [-0.2, 0) is 14.6 Å². The van der Waals surface area contributed by atoms with E-state index in [4.69, 9.17) is 4.74 Å². The van der Waals surface area contributed by atoms with Crippen molar-refractivity contribution in [2.45, 2.75) is 19.4 Å². The van der Waals surface area contributed by atoms with Gasteiger partial charge in [0.2, 0.25) is 5.91 Å². The first-order valence-corrected chi connectivity index (χ1v) is 12.2. The molecule has 0 bridgehead atoms. The highest BCUT2D eigenvalue weighted by Crippen LogP contribution is 2.31. The van der Waals surface area contributed by atoms with Gasteiger partial charge in [0.05, 0.1) is 30.4 Å². The molecule has 0 aliphatic carbocycles. The highest BCUT2D eigenvalue weighted by Gasteiger charge is 2.32. The van der Waals surface area contributed by atoms with Gasteiger partial charge in [-0.05, 0) is 61.0 Å². The van der Waals surface area contributed by atoms with Crippen LogP contribution in [0.1, 0.15) is 29.9 Å². The standard InChI is InChI=1S/C23H24N4O5S/c1-15(28)24-17-5-7-18(8-6-17)25-23(29)21-13-22(16-3-9-20(32-2)10-4-16)27(26-21)19-11-12-33(30,31)14-19/h3-10,13,19H,11-12,14H2,1-2H3,(H,24,28)(H,25,29)/t19-/m1/s1. The molecule has 4 rings (SSSR count). The van der Waals surface area contributed by atoms with Crippen LogP contribution < -0.4 is 15.4 Å². The lowest BCUT2D eigenvalue weighted by Gasteiger charge is -2.13. The second-order valence-corrected chi connectivity index (χ2v) is 10.1. The van der Waals surface area contributed by atoms with Gasteiger partial charge in [-0.1, -0.05) is 0 Å². The monoisotopic (exact) mass is 468 g/mol. The Morgan fingerprint density at radius 3 is 2.21 bits per heavy atom. The lowest BCUT2D eigenvalue weighted by Crippen LogP contribution is -2.16. The molecular formula is C23H24N4O5S. The Hall–Kier alpha value is -3.66. The minimum Gasteiger partial charge on any atom is -0.497 e. The number of carbonyl (C=O) groups is 2. The first-order chi connectivity index (χ1) is 15.7. The Kier molecular flexibility index (Phi) is 6.19. The fourth-order valence-corrected chi connectivity index (χ4v) is 5.46. The van der Waals surface area contributed by atoms with Gasteiger partial charge in [0.1, 0.15) is 5.75 Å². The maximum Gasteiger partial charge on any atom is 0.276 e. The van der Waals surface area contributed by atoms with Gasteiger partial charge in [0, 0.05) is 23.9 Å². The number of sulfone groups is 1. The van der Waals surface area contributed by atoms with Crippen LogP contribution in [0.2, 0.25) is 0 Å². The van der Waals surface area contributed by atoms with Crippen LogP contribution in [0.15, 0.2) is 54.6 Å². The Labute approximate surface area is 191 Å². The van der Waals surface area contributed by atoms with Crippen LogP contribution in [0.3, 0.4) is 0 Å². The quantitative estimate of drug-likeness (QED) is 0.574. The first-order valence-electron chi connectivity index (χ1n) is 10.4. The molecule has 1 saturated heterocycles. The molecule has 2 aromatic carbocycles. The van der Waals surface area contributed by atoms with Gasteiger partial charge in [-0.25, -0.2) is 8.42 Å². The fourth-order valence-electron chi connectivity index (χ4n) is 3.76.